The molecule has 2 N–H and O–H groups in total. The van der Waals surface area contributed by atoms with Crippen molar-refractivity contribution in [2.24, 2.45) is 0 Å². The van der Waals surface area contributed by atoms with E-state index in [1.54, 1.807) is 6.20 Å². The van der Waals surface area contributed by atoms with Crippen molar-refractivity contribution in [1.29, 1.82) is 0 Å². The van der Waals surface area contributed by atoms with Crippen molar-refractivity contribution in [3.63, 3.8) is 0 Å². The van der Waals surface area contributed by atoms with Gasteiger partial charge in [-0.05, 0) is 29.8 Å². The van der Waals surface area contributed by atoms with Crippen molar-refractivity contribution >= 4 is 27.7 Å². The Morgan fingerprint density at radius 2 is 2.22 bits per heavy atom. The van der Waals surface area contributed by atoms with Crippen molar-refractivity contribution in [3.05, 3.63) is 28.2 Å². The highest BCUT2D eigenvalue weighted by Gasteiger charge is 2.06. The Morgan fingerprint density at radius 3 is 2.89 bits per heavy atom. The minimum absolute atomic E-state index is 0.530. The lowest BCUT2D eigenvalue weighted by Crippen LogP contribution is -2.06. The monoisotopic (exact) mass is 311 g/mol. The standard InChI is InChI=1S/C11H14BrN5O/c1-3-13-11-15-6-9(12)10(16-11)14-5-8-4-7(2)17-18-8/h4,6H,3,5H2,1-2H3,(H2,13,14,15,16). The van der Waals surface area contributed by atoms with Gasteiger partial charge in [0.2, 0.25) is 5.95 Å². The summed E-state index contributed by atoms with van der Waals surface area (Å²) in [6, 6.07) is 1.88. The van der Waals surface area contributed by atoms with Crippen molar-refractivity contribution < 1.29 is 4.52 Å². The molecule has 6 nitrogen and oxygen atoms in total. The molecule has 0 unspecified atom stereocenters. The molecule has 0 atom stereocenters. The fourth-order valence-electron chi connectivity index (χ4n) is 1.40. The molecular formula is C11H14BrN5O. The van der Waals surface area contributed by atoms with E-state index in [2.05, 4.69) is 41.7 Å². The maximum Gasteiger partial charge on any atom is 0.224 e. The smallest absolute Gasteiger partial charge is 0.224 e. The molecule has 0 aromatic carbocycles. The summed E-state index contributed by atoms with van der Waals surface area (Å²) >= 11 is 3.40. The van der Waals surface area contributed by atoms with Gasteiger partial charge in [-0.15, -0.1) is 0 Å². The number of hydrogen-bond donors (Lipinski definition) is 2. The van der Waals surface area contributed by atoms with Crippen LogP contribution in [0.15, 0.2) is 21.3 Å². The third-order valence-corrected chi connectivity index (χ3v) is 2.77. The molecule has 0 aliphatic heterocycles. The fraction of sp³-hybridized carbons (Fsp3) is 0.364. The van der Waals surface area contributed by atoms with E-state index in [1.165, 1.54) is 0 Å². The van der Waals surface area contributed by atoms with Gasteiger partial charge >= 0.3 is 0 Å². The number of nitrogens with zero attached hydrogens (tertiary/aromatic N) is 3. The van der Waals surface area contributed by atoms with Gasteiger partial charge in [-0.2, -0.15) is 4.98 Å². The summed E-state index contributed by atoms with van der Waals surface area (Å²) in [6.45, 7) is 5.19. The summed E-state index contributed by atoms with van der Waals surface area (Å²) in [5.74, 6) is 2.08. The number of rotatable bonds is 5. The Labute approximate surface area is 113 Å². The zero-order valence-electron chi connectivity index (χ0n) is 10.2. The van der Waals surface area contributed by atoms with E-state index in [4.69, 9.17) is 4.52 Å². The number of anilines is 2. The largest absolute Gasteiger partial charge is 0.362 e. The van der Waals surface area contributed by atoms with Gasteiger partial charge in [-0.25, -0.2) is 4.98 Å². The summed E-state index contributed by atoms with van der Waals surface area (Å²) < 4.78 is 5.92. The minimum atomic E-state index is 0.530. The van der Waals surface area contributed by atoms with Crippen LogP contribution in [0.4, 0.5) is 11.8 Å². The first kappa shape index (κ1) is 12.8. The van der Waals surface area contributed by atoms with E-state index in [0.29, 0.717) is 12.5 Å². The normalized spacial score (nSPS) is 10.4. The molecule has 0 saturated heterocycles. The molecule has 0 spiro atoms. The molecule has 0 saturated carbocycles. The van der Waals surface area contributed by atoms with Crippen LogP contribution in [0.2, 0.25) is 0 Å². The van der Waals surface area contributed by atoms with E-state index in [1.807, 2.05) is 19.9 Å². The number of halogens is 1. The van der Waals surface area contributed by atoms with Crippen LogP contribution in [-0.2, 0) is 6.54 Å². The molecular weight excluding hydrogens is 298 g/mol. The van der Waals surface area contributed by atoms with Crippen LogP contribution in [0.25, 0.3) is 0 Å². The topological polar surface area (TPSA) is 75.9 Å². The second-order valence-electron chi connectivity index (χ2n) is 3.71. The van der Waals surface area contributed by atoms with Gasteiger partial charge in [0, 0.05) is 18.8 Å². The minimum Gasteiger partial charge on any atom is -0.362 e. The lowest BCUT2D eigenvalue weighted by atomic mass is 10.4. The Hall–Kier alpha value is -1.63. The summed E-state index contributed by atoms with van der Waals surface area (Å²) in [5.41, 5.74) is 0.863. The van der Waals surface area contributed by atoms with Crippen LogP contribution in [0.5, 0.6) is 0 Å². The first-order chi connectivity index (χ1) is 8.69. The zero-order valence-corrected chi connectivity index (χ0v) is 11.8. The second-order valence-corrected chi connectivity index (χ2v) is 4.56. The number of nitrogens with one attached hydrogen (secondary N) is 2. The Bertz CT molecular complexity index is 528. The SMILES string of the molecule is CCNc1ncc(Br)c(NCc2cc(C)no2)n1. The third-order valence-electron chi connectivity index (χ3n) is 2.19. The van der Waals surface area contributed by atoms with Crippen molar-refractivity contribution in [3.8, 4) is 0 Å². The molecule has 7 heteroatoms. The van der Waals surface area contributed by atoms with Gasteiger partial charge in [0.15, 0.2) is 5.76 Å². The average Bonchev–Trinajstić information content (AvgIpc) is 2.76. The predicted octanol–water partition coefficient (Wildman–Crippen LogP) is 2.58. The van der Waals surface area contributed by atoms with Crippen LogP contribution < -0.4 is 10.6 Å². The number of aromatic nitrogens is 3. The van der Waals surface area contributed by atoms with Crippen LogP contribution in [0.3, 0.4) is 0 Å². The van der Waals surface area contributed by atoms with Gasteiger partial charge in [0.1, 0.15) is 5.82 Å². The first-order valence-corrected chi connectivity index (χ1v) is 6.41. The predicted molar refractivity (Wildman–Crippen MR) is 72.5 cm³/mol. The summed E-state index contributed by atoms with van der Waals surface area (Å²) in [6.07, 6.45) is 1.71. The third kappa shape index (κ3) is 3.19. The molecule has 0 aliphatic carbocycles. The lowest BCUT2D eigenvalue weighted by molar-refractivity contribution is 0.384. The van der Waals surface area contributed by atoms with Crippen LogP contribution in [-0.4, -0.2) is 21.7 Å². The van der Waals surface area contributed by atoms with Crippen molar-refractivity contribution in [1.82, 2.24) is 15.1 Å². The van der Waals surface area contributed by atoms with Gasteiger partial charge < -0.3 is 15.2 Å². The molecule has 2 aromatic rings. The first-order valence-electron chi connectivity index (χ1n) is 5.61. The number of hydrogen-bond acceptors (Lipinski definition) is 6. The second kappa shape index (κ2) is 5.81. The molecule has 96 valence electrons. The molecule has 2 aromatic heterocycles. The van der Waals surface area contributed by atoms with Crippen LogP contribution >= 0.6 is 15.9 Å². The highest BCUT2D eigenvalue weighted by atomic mass is 79.9. The molecule has 2 rings (SSSR count). The van der Waals surface area contributed by atoms with Gasteiger partial charge in [-0.1, -0.05) is 5.16 Å². The Morgan fingerprint density at radius 1 is 1.39 bits per heavy atom. The van der Waals surface area contributed by atoms with Crippen molar-refractivity contribution in [2.45, 2.75) is 20.4 Å². The van der Waals surface area contributed by atoms with Crippen LogP contribution in [0.1, 0.15) is 18.4 Å². The van der Waals surface area contributed by atoms with Crippen LogP contribution in [0, 0.1) is 6.92 Å². The molecule has 2 heterocycles. The fourth-order valence-corrected chi connectivity index (χ4v) is 1.74. The van der Waals surface area contributed by atoms with E-state index >= 15 is 0 Å². The van der Waals surface area contributed by atoms with E-state index in [0.717, 1.165) is 28.3 Å². The van der Waals surface area contributed by atoms with Crippen molar-refractivity contribution in [2.75, 3.05) is 17.2 Å². The van der Waals surface area contributed by atoms with E-state index in [9.17, 15) is 0 Å². The quantitative estimate of drug-likeness (QED) is 0.884. The highest BCUT2D eigenvalue weighted by molar-refractivity contribution is 9.10. The average molecular weight is 312 g/mol. The molecule has 0 fully saturated rings. The molecule has 0 aliphatic rings. The molecule has 18 heavy (non-hydrogen) atoms. The van der Waals surface area contributed by atoms with Gasteiger partial charge in [-0.3, -0.25) is 0 Å². The van der Waals surface area contributed by atoms with E-state index < -0.39 is 0 Å². The maximum absolute atomic E-state index is 5.12. The molecule has 0 amide bonds. The highest BCUT2D eigenvalue weighted by Crippen LogP contribution is 2.20. The maximum atomic E-state index is 5.12. The summed E-state index contributed by atoms with van der Waals surface area (Å²) in [5, 5.41) is 10.1. The number of aryl methyl sites for hydroxylation is 1. The lowest BCUT2D eigenvalue weighted by Gasteiger charge is -2.07. The van der Waals surface area contributed by atoms with Gasteiger partial charge in [0.25, 0.3) is 0 Å². The Kier molecular flexibility index (Phi) is 4.14. The van der Waals surface area contributed by atoms with E-state index in [-0.39, 0.29) is 0 Å². The summed E-state index contributed by atoms with van der Waals surface area (Å²) in [4.78, 5) is 8.48. The summed E-state index contributed by atoms with van der Waals surface area (Å²) in [7, 11) is 0. The zero-order chi connectivity index (χ0) is 13.0. The Balaban J connectivity index is 2.05. The van der Waals surface area contributed by atoms with Gasteiger partial charge in [0.05, 0.1) is 16.7 Å². The molecule has 0 radical (unpaired) electrons. The molecule has 0 bridgehead atoms.